The zero-order valence-corrected chi connectivity index (χ0v) is 7.78. The monoisotopic (exact) mass is 213 g/mol. The Bertz CT molecular complexity index is 587. The second kappa shape index (κ2) is 2.69. The molecule has 14 heavy (non-hydrogen) atoms. The van der Waals surface area contributed by atoms with Crippen molar-refractivity contribution in [3.63, 3.8) is 0 Å². The van der Waals surface area contributed by atoms with Gasteiger partial charge >= 0.3 is 5.22 Å². The van der Waals surface area contributed by atoms with Gasteiger partial charge in [-0.15, -0.1) is 0 Å². The SMILES string of the molecule is Nc1cccc2oc(S(N)(=O)=O)nc12. The molecule has 0 amide bonds. The van der Waals surface area contributed by atoms with Crippen LogP contribution in [-0.2, 0) is 10.0 Å². The Morgan fingerprint density at radius 2 is 2.07 bits per heavy atom. The number of nitrogen functional groups attached to an aromatic ring is 1. The van der Waals surface area contributed by atoms with Crippen LogP contribution in [0.1, 0.15) is 0 Å². The molecule has 1 aromatic carbocycles. The van der Waals surface area contributed by atoms with Gasteiger partial charge in [0.2, 0.25) is 0 Å². The first-order valence-electron chi connectivity index (χ1n) is 3.66. The molecule has 7 heteroatoms. The Morgan fingerprint density at radius 3 is 2.64 bits per heavy atom. The van der Waals surface area contributed by atoms with E-state index in [9.17, 15) is 8.42 Å². The number of hydrogen-bond acceptors (Lipinski definition) is 5. The number of fused-ring (bicyclic) bond motifs is 1. The average molecular weight is 213 g/mol. The molecule has 1 heterocycles. The second-order valence-electron chi connectivity index (χ2n) is 2.72. The van der Waals surface area contributed by atoms with Gasteiger partial charge in [0.15, 0.2) is 5.58 Å². The first-order valence-corrected chi connectivity index (χ1v) is 5.21. The molecule has 0 unspecified atom stereocenters. The Balaban J connectivity index is 2.81. The molecule has 0 aliphatic carbocycles. The highest BCUT2D eigenvalue weighted by atomic mass is 32.2. The summed E-state index contributed by atoms with van der Waals surface area (Å²) < 4.78 is 26.7. The number of aromatic nitrogens is 1. The lowest BCUT2D eigenvalue weighted by Gasteiger charge is -1.89. The smallest absolute Gasteiger partial charge is 0.331 e. The van der Waals surface area contributed by atoms with Crippen molar-refractivity contribution in [2.75, 3.05) is 5.73 Å². The summed E-state index contributed by atoms with van der Waals surface area (Å²) >= 11 is 0. The molecule has 0 aliphatic heterocycles. The lowest BCUT2D eigenvalue weighted by molar-refractivity contribution is 0.459. The van der Waals surface area contributed by atoms with E-state index in [2.05, 4.69) is 4.98 Å². The van der Waals surface area contributed by atoms with Crippen molar-refractivity contribution in [1.82, 2.24) is 4.98 Å². The molecule has 0 spiro atoms. The molecule has 2 aromatic rings. The van der Waals surface area contributed by atoms with Crippen LogP contribution in [0, 0.1) is 0 Å². The topological polar surface area (TPSA) is 112 Å². The van der Waals surface area contributed by atoms with Crippen LogP contribution in [0.2, 0.25) is 0 Å². The fourth-order valence-electron chi connectivity index (χ4n) is 1.07. The summed E-state index contributed by atoms with van der Waals surface area (Å²) in [5.74, 6) is 0. The van der Waals surface area contributed by atoms with Crippen LogP contribution in [0.4, 0.5) is 5.69 Å². The number of nitrogens with zero attached hydrogens (tertiary/aromatic N) is 1. The number of benzene rings is 1. The van der Waals surface area contributed by atoms with Gasteiger partial charge < -0.3 is 10.2 Å². The average Bonchev–Trinajstić information content (AvgIpc) is 2.48. The summed E-state index contributed by atoms with van der Waals surface area (Å²) in [7, 11) is -3.91. The fourth-order valence-corrected chi connectivity index (χ4v) is 1.50. The van der Waals surface area contributed by atoms with Gasteiger partial charge in [-0.3, -0.25) is 0 Å². The summed E-state index contributed by atoms with van der Waals surface area (Å²) in [6.45, 7) is 0. The second-order valence-corrected chi connectivity index (χ2v) is 4.16. The lowest BCUT2D eigenvalue weighted by atomic mass is 10.3. The van der Waals surface area contributed by atoms with Gasteiger partial charge in [0.1, 0.15) is 5.52 Å². The first kappa shape index (κ1) is 8.97. The molecule has 0 aliphatic rings. The fraction of sp³-hybridized carbons (Fsp3) is 0. The Hall–Kier alpha value is -1.60. The van der Waals surface area contributed by atoms with Gasteiger partial charge in [-0.1, -0.05) is 6.07 Å². The molecular weight excluding hydrogens is 206 g/mol. The molecule has 0 radical (unpaired) electrons. The summed E-state index contributed by atoms with van der Waals surface area (Å²) in [5, 5.41) is 4.32. The van der Waals surface area contributed by atoms with E-state index >= 15 is 0 Å². The predicted molar refractivity (Wildman–Crippen MR) is 49.8 cm³/mol. The largest absolute Gasteiger partial charge is 0.427 e. The van der Waals surface area contributed by atoms with Gasteiger partial charge in [-0.25, -0.2) is 13.6 Å². The summed E-state index contributed by atoms with van der Waals surface area (Å²) in [4.78, 5) is 3.68. The Kier molecular flexibility index (Phi) is 1.73. The molecule has 2 rings (SSSR count). The zero-order chi connectivity index (χ0) is 10.3. The van der Waals surface area contributed by atoms with Gasteiger partial charge in [0.25, 0.3) is 10.0 Å². The van der Waals surface area contributed by atoms with Crippen LogP contribution in [0.25, 0.3) is 11.1 Å². The number of sulfonamides is 1. The van der Waals surface area contributed by atoms with Crippen LogP contribution in [0.5, 0.6) is 0 Å². The lowest BCUT2D eigenvalue weighted by Crippen LogP contribution is -2.12. The van der Waals surface area contributed by atoms with Crippen molar-refractivity contribution >= 4 is 26.8 Å². The van der Waals surface area contributed by atoms with Crippen molar-refractivity contribution in [1.29, 1.82) is 0 Å². The van der Waals surface area contributed by atoms with E-state index in [1.54, 1.807) is 18.2 Å². The minimum atomic E-state index is -3.91. The zero-order valence-electron chi connectivity index (χ0n) is 6.97. The molecule has 6 nitrogen and oxygen atoms in total. The van der Waals surface area contributed by atoms with E-state index in [4.69, 9.17) is 15.3 Å². The van der Waals surface area contributed by atoms with E-state index in [1.807, 2.05) is 0 Å². The Morgan fingerprint density at radius 1 is 1.36 bits per heavy atom. The van der Waals surface area contributed by atoms with E-state index in [-0.39, 0.29) is 0 Å². The van der Waals surface area contributed by atoms with Gasteiger partial charge in [0, 0.05) is 0 Å². The third-order valence-corrected chi connectivity index (χ3v) is 2.34. The number of para-hydroxylation sites is 1. The third kappa shape index (κ3) is 1.32. The molecule has 0 fully saturated rings. The number of hydrogen-bond donors (Lipinski definition) is 2. The number of rotatable bonds is 1. The Labute approximate surface area is 79.6 Å². The molecule has 0 atom stereocenters. The minimum Gasteiger partial charge on any atom is -0.427 e. The highest BCUT2D eigenvalue weighted by Crippen LogP contribution is 2.22. The van der Waals surface area contributed by atoms with Crippen molar-refractivity contribution < 1.29 is 12.8 Å². The van der Waals surface area contributed by atoms with Crippen LogP contribution >= 0.6 is 0 Å². The van der Waals surface area contributed by atoms with E-state index < -0.39 is 15.2 Å². The predicted octanol–water partition coefficient (Wildman–Crippen LogP) is 0.0574. The maximum absolute atomic E-state index is 10.9. The van der Waals surface area contributed by atoms with Crippen LogP contribution in [-0.4, -0.2) is 13.4 Å². The molecule has 0 bridgehead atoms. The molecule has 74 valence electrons. The number of primary sulfonamides is 1. The van der Waals surface area contributed by atoms with Crippen LogP contribution in [0.15, 0.2) is 27.8 Å². The molecule has 1 aromatic heterocycles. The minimum absolute atomic E-state index is 0.300. The normalized spacial score (nSPS) is 12.1. The van der Waals surface area contributed by atoms with Crippen molar-refractivity contribution in [3.05, 3.63) is 18.2 Å². The first-order chi connectivity index (χ1) is 6.48. The number of nitrogens with two attached hydrogens (primary N) is 2. The summed E-state index contributed by atoms with van der Waals surface area (Å²) in [6.07, 6.45) is 0. The molecule has 0 saturated heterocycles. The molecule has 0 saturated carbocycles. The quantitative estimate of drug-likeness (QED) is 0.650. The van der Waals surface area contributed by atoms with Crippen molar-refractivity contribution in [2.24, 2.45) is 5.14 Å². The van der Waals surface area contributed by atoms with E-state index in [1.165, 1.54) is 0 Å². The molecular formula is C7H7N3O3S. The highest BCUT2D eigenvalue weighted by molar-refractivity contribution is 7.88. The number of anilines is 1. The number of oxazole rings is 1. The van der Waals surface area contributed by atoms with Crippen molar-refractivity contribution in [3.8, 4) is 0 Å². The van der Waals surface area contributed by atoms with Crippen LogP contribution < -0.4 is 10.9 Å². The van der Waals surface area contributed by atoms with E-state index in [0.717, 1.165) is 0 Å². The third-order valence-electron chi connectivity index (χ3n) is 1.67. The maximum atomic E-state index is 10.9. The maximum Gasteiger partial charge on any atom is 0.331 e. The summed E-state index contributed by atoms with van der Waals surface area (Å²) in [6, 6.07) is 4.79. The standard InChI is InChI=1S/C7H7N3O3S/c8-4-2-1-3-5-6(4)10-7(13-5)14(9,11)12/h1-3H,8H2,(H2,9,11,12). The van der Waals surface area contributed by atoms with Crippen molar-refractivity contribution in [2.45, 2.75) is 5.22 Å². The highest BCUT2D eigenvalue weighted by Gasteiger charge is 2.17. The molecule has 4 N–H and O–H groups in total. The van der Waals surface area contributed by atoms with E-state index in [0.29, 0.717) is 16.8 Å². The van der Waals surface area contributed by atoms with Gasteiger partial charge in [-0.05, 0) is 12.1 Å². The van der Waals surface area contributed by atoms with Crippen LogP contribution in [0.3, 0.4) is 0 Å². The van der Waals surface area contributed by atoms with Gasteiger partial charge in [0.05, 0.1) is 5.69 Å². The van der Waals surface area contributed by atoms with Gasteiger partial charge in [-0.2, -0.15) is 4.98 Å². The summed E-state index contributed by atoms with van der Waals surface area (Å²) in [5.41, 5.74) is 6.51.